The molecular weight excluding hydrogens is 504 g/mol. The van der Waals surface area contributed by atoms with E-state index in [0.717, 1.165) is 12.0 Å². The number of carbonyl (C=O) groups is 1. The molecule has 7 nitrogen and oxygen atoms in total. The van der Waals surface area contributed by atoms with Crippen molar-refractivity contribution in [1.29, 1.82) is 5.26 Å². The number of nitrogens with two attached hydrogens (primary N) is 1. The topological polar surface area (TPSA) is 104 Å². The molecule has 0 aromatic heterocycles. The summed E-state index contributed by atoms with van der Waals surface area (Å²) in [5.74, 6) is 1.51. The van der Waals surface area contributed by atoms with Gasteiger partial charge in [0.25, 0.3) is 0 Å². The van der Waals surface area contributed by atoms with Gasteiger partial charge in [-0.15, -0.1) is 0 Å². The van der Waals surface area contributed by atoms with Gasteiger partial charge < -0.3 is 24.7 Å². The zero-order chi connectivity index (χ0) is 28.1. The molecule has 4 aromatic carbocycles. The molecule has 0 aliphatic carbocycles. The van der Waals surface area contributed by atoms with Gasteiger partial charge >= 0.3 is 5.97 Å². The Kier molecular flexibility index (Phi) is 7.70. The molecular formula is C33H28N2O5. The molecule has 40 heavy (non-hydrogen) atoms. The summed E-state index contributed by atoms with van der Waals surface area (Å²) in [6.07, 6.45) is 0.0846. The first-order valence-corrected chi connectivity index (χ1v) is 13.0. The highest BCUT2D eigenvalue weighted by molar-refractivity contribution is 5.77. The van der Waals surface area contributed by atoms with Crippen LogP contribution in [-0.4, -0.2) is 12.1 Å². The maximum Gasteiger partial charge on any atom is 0.352 e. The van der Waals surface area contributed by atoms with Gasteiger partial charge in [-0.3, -0.25) is 0 Å². The Morgan fingerprint density at radius 2 is 1.65 bits per heavy atom. The van der Waals surface area contributed by atoms with E-state index in [0.29, 0.717) is 28.6 Å². The Hall–Kier alpha value is -5.22. The van der Waals surface area contributed by atoms with Crippen molar-refractivity contribution < 1.29 is 23.7 Å². The number of allylic oxidation sites excluding steroid dienone is 1. The van der Waals surface area contributed by atoms with Crippen LogP contribution in [0.4, 0.5) is 0 Å². The second kappa shape index (κ2) is 11.7. The summed E-state index contributed by atoms with van der Waals surface area (Å²) >= 11 is 0. The Balaban J connectivity index is 1.37. The first kappa shape index (κ1) is 26.4. The van der Waals surface area contributed by atoms with Crippen molar-refractivity contribution in [3.8, 4) is 34.8 Å². The molecule has 0 bridgehead atoms. The van der Waals surface area contributed by atoms with Crippen LogP contribution >= 0.6 is 0 Å². The number of ether oxygens (including phenoxy) is 4. The monoisotopic (exact) mass is 532 g/mol. The second-order valence-corrected chi connectivity index (χ2v) is 9.29. The molecule has 1 aliphatic rings. The number of nitriles is 1. The van der Waals surface area contributed by atoms with E-state index in [9.17, 15) is 10.1 Å². The second-order valence-electron chi connectivity index (χ2n) is 9.29. The largest absolute Gasteiger partial charge is 0.479 e. The molecule has 2 atom stereocenters. The van der Waals surface area contributed by atoms with E-state index < -0.39 is 18.0 Å². The van der Waals surface area contributed by atoms with Gasteiger partial charge in [-0.05, 0) is 66.9 Å². The van der Waals surface area contributed by atoms with Gasteiger partial charge in [0.05, 0.1) is 5.92 Å². The fourth-order valence-corrected chi connectivity index (χ4v) is 4.48. The zero-order valence-electron chi connectivity index (χ0n) is 22.2. The highest BCUT2D eigenvalue weighted by atomic mass is 16.6. The van der Waals surface area contributed by atoms with Crippen molar-refractivity contribution in [2.75, 3.05) is 0 Å². The number of hydrogen-bond donors (Lipinski definition) is 1. The van der Waals surface area contributed by atoms with Gasteiger partial charge in [0, 0.05) is 11.6 Å². The molecule has 5 rings (SSSR count). The third kappa shape index (κ3) is 5.77. The van der Waals surface area contributed by atoms with E-state index >= 15 is 0 Å². The Bertz CT molecular complexity index is 1590. The minimum atomic E-state index is -0.834. The molecule has 2 N–H and O–H groups in total. The summed E-state index contributed by atoms with van der Waals surface area (Å²) in [5, 5.41) is 9.93. The first-order chi connectivity index (χ1) is 19.4. The number of para-hydroxylation sites is 1. The number of rotatable bonds is 8. The predicted molar refractivity (Wildman–Crippen MR) is 150 cm³/mol. The lowest BCUT2D eigenvalue weighted by Gasteiger charge is -2.27. The molecule has 0 amide bonds. The van der Waals surface area contributed by atoms with Crippen LogP contribution in [0.15, 0.2) is 109 Å². The highest BCUT2D eigenvalue weighted by Gasteiger charge is 2.31. The summed E-state index contributed by atoms with van der Waals surface area (Å²) in [5.41, 5.74) is 9.15. The highest BCUT2D eigenvalue weighted by Crippen LogP contribution is 2.44. The molecule has 0 radical (unpaired) electrons. The van der Waals surface area contributed by atoms with E-state index in [4.69, 9.17) is 24.7 Å². The lowest BCUT2D eigenvalue weighted by Crippen LogP contribution is -2.28. The van der Waals surface area contributed by atoms with Gasteiger partial charge in [-0.2, -0.15) is 5.26 Å². The summed E-state index contributed by atoms with van der Waals surface area (Å²) in [6.45, 7) is 3.70. The quantitative estimate of drug-likeness (QED) is 0.201. The fourth-order valence-electron chi connectivity index (χ4n) is 4.48. The molecule has 1 heterocycles. The summed E-state index contributed by atoms with van der Waals surface area (Å²) in [7, 11) is 0. The predicted octanol–water partition coefficient (Wildman–Crippen LogP) is 6.63. The summed E-state index contributed by atoms with van der Waals surface area (Å²) in [4.78, 5) is 12.8. The molecule has 0 fully saturated rings. The number of benzene rings is 4. The van der Waals surface area contributed by atoms with Crippen molar-refractivity contribution in [2.24, 2.45) is 5.73 Å². The number of hydrogen-bond acceptors (Lipinski definition) is 7. The Morgan fingerprint density at radius 1 is 0.925 bits per heavy atom. The third-order valence-electron chi connectivity index (χ3n) is 6.56. The molecule has 1 aliphatic heterocycles. The average molecular weight is 533 g/mol. The number of esters is 1. The molecule has 7 heteroatoms. The van der Waals surface area contributed by atoms with Gasteiger partial charge in [0.2, 0.25) is 5.88 Å². The molecule has 0 saturated heterocycles. The number of aryl methyl sites for hydroxylation is 1. The van der Waals surface area contributed by atoms with Crippen LogP contribution in [0.1, 0.15) is 36.5 Å². The van der Waals surface area contributed by atoms with E-state index in [1.807, 2.05) is 78.9 Å². The van der Waals surface area contributed by atoms with Gasteiger partial charge in [-0.25, -0.2) is 4.79 Å². The van der Waals surface area contributed by atoms with E-state index in [-0.39, 0.29) is 17.2 Å². The van der Waals surface area contributed by atoms with Crippen molar-refractivity contribution in [1.82, 2.24) is 0 Å². The van der Waals surface area contributed by atoms with Gasteiger partial charge in [0.1, 0.15) is 40.4 Å². The van der Waals surface area contributed by atoms with Crippen LogP contribution in [0, 0.1) is 11.3 Å². The third-order valence-corrected chi connectivity index (χ3v) is 6.56. The first-order valence-electron chi connectivity index (χ1n) is 13.0. The number of nitrogens with zero attached hydrogens (tertiary/aromatic N) is 1. The van der Waals surface area contributed by atoms with Gasteiger partial charge in [-0.1, -0.05) is 55.5 Å². The minimum absolute atomic E-state index is 0.00918. The van der Waals surface area contributed by atoms with E-state index in [1.165, 1.54) is 5.56 Å². The van der Waals surface area contributed by atoms with Crippen molar-refractivity contribution in [2.45, 2.75) is 32.3 Å². The van der Waals surface area contributed by atoms with E-state index in [1.54, 1.807) is 25.1 Å². The molecule has 0 spiro atoms. The van der Waals surface area contributed by atoms with Crippen LogP contribution in [0.5, 0.6) is 28.7 Å². The van der Waals surface area contributed by atoms with Crippen LogP contribution in [0.25, 0.3) is 0 Å². The number of carbonyl (C=O) groups excluding carboxylic acids is 1. The summed E-state index contributed by atoms with van der Waals surface area (Å²) in [6, 6.07) is 31.7. The maximum atomic E-state index is 12.8. The number of fused-ring (bicyclic) bond motifs is 1. The minimum Gasteiger partial charge on any atom is -0.479 e. The smallest absolute Gasteiger partial charge is 0.352 e. The molecule has 0 saturated carbocycles. The molecule has 2 unspecified atom stereocenters. The SMILES string of the molecule is CCc1ccc(OC(C)C(=O)Oc2ccc3c(c2)OC(N)=C(C#N)C3c2cccc(Oc3ccccc3)c2)cc1. The van der Waals surface area contributed by atoms with Gasteiger partial charge in [0.15, 0.2) is 6.10 Å². The molecule has 200 valence electrons. The fraction of sp³-hybridized carbons (Fsp3) is 0.152. The van der Waals surface area contributed by atoms with Crippen LogP contribution < -0.4 is 24.7 Å². The normalized spacial score (nSPS) is 14.8. The lowest BCUT2D eigenvalue weighted by atomic mass is 9.83. The van der Waals surface area contributed by atoms with Crippen molar-refractivity contribution >= 4 is 5.97 Å². The van der Waals surface area contributed by atoms with Crippen LogP contribution in [0.3, 0.4) is 0 Å². The Morgan fingerprint density at radius 3 is 2.38 bits per heavy atom. The van der Waals surface area contributed by atoms with Crippen LogP contribution in [-0.2, 0) is 11.2 Å². The van der Waals surface area contributed by atoms with Crippen molar-refractivity contribution in [3.05, 3.63) is 125 Å². The zero-order valence-corrected chi connectivity index (χ0v) is 22.2. The van der Waals surface area contributed by atoms with Crippen molar-refractivity contribution in [3.63, 3.8) is 0 Å². The standard InChI is InChI=1S/C33H28N2O5/c1-3-22-12-14-25(15-13-22)37-21(2)33(36)39-27-16-17-28-30(19-27)40-32(35)29(20-34)31(28)23-8-7-11-26(18-23)38-24-9-5-4-6-10-24/h4-19,21,31H,3,35H2,1-2H3. The van der Waals surface area contributed by atoms with Crippen LogP contribution in [0.2, 0.25) is 0 Å². The Labute approximate surface area is 233 Å². The lowest BCUT2D eigenvalue weighted by molar-refractivity contribution is -0.141. The molecule has 4 aromatic rings. The maximum absolute atomic E-state index is 12.8. The average Bonchev–Trinajstić information content (AvgIpc) is 2.97. The summed E-state index contributed by atoms with van der Waals surface area (Å²) < 4.78 is 23.1. The van der Waals surface area contributed by atoms with E-state index in [2.05, 4.69) is 13.0 Å².